The molecule has 8 heteroatoms. The summed E-state index contributed by atoms with van der Waals surface area (Å²) in [5, 5.41) is 14.5. The first-order chi connectivity index (χ1) is 14.7. The maximum atomic E-state index is 12.8. The number of carbonyl (C=O) groups excluding carboxylic acids is 2. The fourth-order valence-corrected chi connectivity index (χ4v) is 4.83. The molecule has 7 nitrogen and oxygen atoms in total. The molecule has 2 N–H and O–H groups in total. The monoisotopic (exact) mass is 438 g/mol. The van der Waals surface area contributed by atoms with Gasteiger partial charge in [-0.15, -0.1) is 0 Å². The Kier molecular flexibility index (Phi) is 5.77. The number of carbonyl (C=O) groups is 2. The van der Waals surface area contributed by atoms with Crippen molar-refractivity contribution in [1.29, 1.82) is 0 Å². The van der Waals surface area contributed by atoms with Crippen molar-refractivity contribution in [1.82, 2.24) is 9.97 Å². The lowest BCUT2D eigenvalue weighted by atomic mass is 9.96. The van der Waals surface area contributed by atoms with Crippen LogP contribution in [0, 0.1) is 12.8 Å². The standard InChI is InChI=1S/C23H26N4O3S/c1-14-5-4-6-17(24-14)21(29)25-18-12-20-19(11-16(18)23(2,3)30)26-22(31-20)27-9-7-15(13-28)8-10-27/h4-6,11-13,15,30H,7-10H2,1-3H3,(H,25,29). The van der Waals surface area contributed by atoms with Crippen LogP contribution in [0.1, 0.15) is 48.4 Å². The van der Waals surface area contributed by atoms with E-state index < -0.39 is 5.60 Å². The number of anilines is 2. The summed E-state index contributed by atoms with van der Waals surface area (Å²) in [4.78, 5) is 35.1. The van der Waals surface area contributed by atoms with Gasteiger partial charge in [-0.2, -0.15) is 0 Å². The van der Waals surface area contributed by atoms with Gasteiger partial charge in [0.25, 0.3) is 5.91 Å². The minimum Gasteiger partial charge on any atom is -0.386 e. The van der Waals surface area contributed by atoms with E-state index in [-0.39, 0.29) is 11.8 Å². The molecule has 0 saturated carbocycles. The second kappa shape index (κ2) is 8.36. The normalized spacial score (nSPS) is 15.3. The van der Waals surface area contributed by atoms with E-state index in [0.717, 1.165) is 53.3 Å². The predicted molar refractivity (Wildman–Crippen MR) is 123 cm³/mol. The van der Waals surface area contributed by atoms with Gasteiger partial charge in [0.2, 0.25) is 0 Å². The number of thiazole rings is 1. The van der Waals surface area contributed by atoms with Gasteiger partial charge in [-0.05, 0) is 57.9 Å². The number of nitrogens with one attached hydrogen (secondary N) is 1. The van der Waals surface area contributed by atoms with Crippen molar-refractivity contribution < 1.29 is 14.7 Å². The number of benzene rings is 1. The van der Waals surface area contributed by atoms with Crippen LogP contribution in [0.25, 0.3) is 10.2 Å². The van der Waals surface area contributed by atoms with Gasteiger partial charge in [-0.3, -0.25) is 4.79 Å². The second-order valence-corrected chi connectivity index (χ2v) is 9.51. The van der Waals surface area contributed by atoms with Crippen LogP contribution >= 0.6 is 11.3 Å². The van der Waals surface area contributed by atoms with Gasteiger partial charge in [0, 0.05) is 36.0 Å². The highest BCUT2D eigenvalue weighted by Crippen LogP contribution is 2.37. The van der Waals surface area contributed by atoms with Crippen molar-refractivity contribution in [2.24, 2.45) is 5.92 Å². The molecule has 0 bridgehead atoms. The van der Waals surface area contributed by atoms with Crippen LogP contribution in [0.2, 0.25) is 0 Å². The Morgan fingerprint density at radius 1 is 1.26 bits per heavy atom. The second-order valence-electron chi connectivity index (χ2n) is 8.50. The van der Waals surface area contributed by atoms with Gasteiger partial charge in [-0.1, -0.05) is 17.4 Å². The molecular weight excluding hydrogens is 412 g/mol. The summed E-state index contributed by atoms with van der Waals surface area (Å²) in [6.07, 6.45) is 2.71. The topological polar surface area (TPSA) is 95.4 Å². The highest BCUT2D eigenvalue weighted by atomic mass is 32.1. The Balaban J connectivity index is 1.67. The Morgan fingerprint density at radius 2 is 2.00 bits per heavy atom. The number of piperidine rings is 1. The van der Waals surface area contributed by atoms with Crippen molar-refractivity contribution in [2.75, 3.05) is 23.3 Å². The molecule has 162 valence electrons. The lowest BCUT2D eigenvalue weighted by Crippen LogP contribution is -2.33. The summed E-state index contributed by atoms with van der Waals surface area (Å²) in [5.41, 5.74) is 1.84. The number of aliphatic hydroxyl groups is 1. The van der Waals surface area contributed by atoms with Crippen LogP contribution in [0.4, 0.5) is 10.8 Å². The molecule has 1 saturated heterocycles. The number of rotatable bonds is 5. The van der Waals surface area contributed by atoms with Crippen molar-refractivity contribution in [2.45, 2.75) is 39.2 Å². The van der Waals surface area contributed by atoms with Gasteiger partial charge in [0.05, 0.1) is 15.8 Å². The number of hydrogen-bond donors (Lipinski definition) is 2. The van der Waals surface area contributed by atoms with Crippen molar-refractivity contribution >= 4 is 44.6 Å². The van der Waals surface area contributed by atoms with E-state index in [9.17, 15) is 14.7 Å². The summed E-state index contributed by atoms with van der Waals surface area (Å²) in [6, 6.07) is 9.00. The zero-order valence-electron chi connectivity index (χ0n) is 17.9. The average molecular weight is 439 g/mol. The molecule has 1 fully saturated rings. The van der Waals surface area contributed by atoms with Gasteiger partial charge in [-0.25, -0.2) is 9.97 Å². The van der Waals surface area contributed by atoms with Crippen LogP contribution in [0.5, 0.6) is 0 Å². The van der Waals surface area contributed by atoms with E-state index in [1.165, 1.54) is 0 Å². The molecule has 1 aliphatic heterocycles. The average Bonchev–Trinajstić information content (AvgIpc) is 3.15. The molecule has 3 aromatic rings. The third-order valence-electron chi connectivity index (χ3n) is 5.55. The molecule has 4 rings (SSSR count). The zero-order valence-corrected chi connectivity index (χ0v) is 18.7. The fourth-order valence-electron chi connectivity index (χ4n) is 3.79. The smallest absolute Gasteiger partial charge is 0.274 e. The molecular formula is C23H26N4O3S. The fraction of sp³-hybridized carbons (Fsp3) is 0.391. The Morgan fingerprint density at radius 3 is 2.65 bits per heavy atom. The Hall–Kier alpha value is -2.84. The maximum Gasteiger partial charge on any atom is 0.274 e. The summed E-state index contributed by atoms with van der Waals surface area (Å²) < 4.78 is 0.924. The van der Waals surface area contributed by atoms with Crippen molar-refractivity contribution in [3.8, 4) is 0 Å². The molecule has 1 aliphatic rings. The number of amides is 1. The number of aryl methyl sites for hydroxylation is 1. The predicted octanol–water partition coefficient (Wildman–Crippen LogP) is 3.89. The molecule has 1 aromatic carbocycles. The highest BCUT2D eigenvalue weighted by molar-refractivity contribution is 7.22. The molecule has 0 aliphatic carbocycles. The van der Waals surface area contributed by atoms with E-state index >= 15 is 0 Å². The van der Waals surface area contributed by atoms with Crippen LogP contribution in [-0.4, -0.2) is 40.4 Å². The number of fused-ring (bicyclic) bond motifs is 1. The molecule has 0 radical (unpaired) electrons. The van der Waals surface area contributed by atoms with Crippen LogP contribution in [-0.2, 0) is 10.4 Å². The lowest BCUT2D eigenvalue weighted by Gasteiger charge is -2.29. The van der Waals surface area contributed by atoms with Gasteiger partial charge >= 0.3 is 0 Å². The third-order valence-corrected chi connectivity index (χ3v) is 6.63. The molecule has 0 spiro atoms. The van der Waals surface area contributed by atoms with E-state index in [4.69, 9.17) is 4.98 Å². The first kappa shape index (κ1) is 21.4. The highest BCUT2D eigenvalue weighted by Gasteiger charge is 2.25. The van der Waals surface area contributed by atoms with Gasteiger partial charge < -0.3 is 20.1 Å². The number of pyridine rings is 1. The molecule has 2 aromatic heterocycles. The van der Waals surface area contributed by atoms with Crippen LogP contribution in [0.15, 0.2) is 30.3 Å². The van der Waals surface area contributed by atoms with Gasteiger partial charge in [0.15, 0.2) is 5.13 Å². The van der Waals surface area contributed by atoms with Gasteiger partial charge in [0.1, 0.15) is 12.0 Å². The lowest BCUT2D eigenvalue weighted by molar-refractivity contribution is -0.111. The van der Waals surface area contributed by atoms with E-state index in [0.29, 0.717) is 16.9 Å². The van der Waals surface area contributed by atoms with Crippen molar-refractivity contribution in [3.05, 3.63) is 47.3 Å². The summed E-state index contributed by atoms with van der Waals surface area (Å²) >= 11 is 1.55. The third kappa shape index (κ3) is 4.60. The Bertz CT molecular complexity index is 1130. The zero-order chi connectivity index (χ0) is 22.2. The van der Waals surface area contributed by atoms with E-state index in [1.54, 1.807) is 37.3 Å². The minimum absolute atomic E-state index is 0.129. The van der Waals surface area contributed by atoms with E-state index in [2.05, 4.69) is 15.2 Å². The SMILES string of the molecule is Cc1cccc(C(=O)Nc2cc3sc(N4CCC(C=O)CC4)nc3cc2C(C)(C)O)n1. The molecule has 1 amide bonds. The maximum absolute atomic E-state index is 12.8. The first-order valence-electron chi connectivity index (χ1n) is 10.4. The largest absolute Gasteiger partial charge is 0.386 e. The summed E-state index contributed by atoms with van der Waals surface area (Å²) in [7, 11) is 0. The molecule has 0 unspecified atom stereocenters. The summed E-state index contributed by atoms with van der Waals surface area (Å²) in [5.74, 6) is -0.196. The van der Waals surface area contributed by atoms with Crippen molar-refractivity contribution in [3.63, 3.8) is 0 Å². The Labute approximate surface area is 185 Å². The first-order valence-corrected chi connectivity index (χ1v) is 11.2. The number of nitrogens with zero attached hydrogens (tertiary/aromatic N) is 3. The summed E-state index contributed by atoms with van der Waals surface area (Å²) in [6.45, 7) is 6.80. The molecule has 31 heavy (non-hydrogen) atoms. The molecule has 3 heterocycles. The number of aromatic nitrogens is 2. The van der Waals surface area contributed by atoms with Crippen LogP contribution in [0.3, 0.4) is 0 Å². The van der Waals surface area contributed by atoms with E-state index in [1.807, 2.05) is 25.1 Å². The molecule has 0 atom stereocenters. The number of hydrogen-bond acceptors (Lipinski definition) is 7. The minimum atomic E-state index is -1.16. The van der Waals surface area contributed by atoms with Crippen LogP contribution < -0.4 is 10.2 Å². The quantitative estimate of drug-likeness (QED) is 0.587. The number of aldehydes is 1.